The van der Waals surface area contributed by atoms with Crippen LogP contribution in [0.3, 0.4) is 0 Å². The molecular formula is C9H9BF2O2. The summed E-state index contributed by atoms with van der Waals surface area (Å²) in [6.07, 6.45) is 1.76. The summed E-state index contributed by atoms with van der Waals surface area (Å²) in [6, 6.07) is 1.91. The summed E-state index contributed by atoms with van der Waals surface area (Å²) in [5.41, 5.74) is 0.128. The molecule has 0 unspecified atom stereocenters. The van der Waals surface area contributed by atoms with E-state index in [-0.39, 0.29) is 11.4 Å². The van der Waals surface area contributed by atoms with Crippen molar-refractivity contribution in [3.63, 3.8) is 0 Å². The van der Waals surface area contributed by atoms with Crippen molar-refractivity contribution in [2.45, 2.75) is 18.8 Å². The molecule has 2 rings (SSSR count). The van der Waals surface area contributed by atoms with E-state index in [9.17, 15) is 8.78 Å². The summed E-state index contributed by atoms with van der Waals surface area (Å²) < 4.78 is 26.2. The second-order valence-electron chi connectivity index (χ2n) is 3.54. The molecule has 1 fully saturated rings. The lowest BCUT2D eigenvalue weighted by Gasteiger charge is -2.06. The number of rotatable bonds is 2. The molecule has 0 heterocycles. The van der Waals surface area contributed by atoms with Gasteiger partial charge in [-0.05, 0) is 24.3 Å². The summed E-state index contributed by atoms with van der Waals surface area (Å²) >= 11 is 0. The Hall–Kier alpha value is -0.935. The lowest BCUT2D eigenvalue weighted by Crippen LogP contribution is -2.33. The zero-order valence-corrected chi connectivity index (χ0v) is 7.37. The van der Waals surface area contributed by atoms with Crippen LogP contribution >= 0.6 is 0 Å². The van der Waals surface area contributed by atoms with Crippen molar-refractivity contribution in [1.29, 1.82) is 0 Å². The third-order valence-corrected chi connectivity index (χ3v) is 2.41. The molecule has 0 aromatic heterocycles. The van der Waals surface area contributed by atoms with Crippen LogP contribution in [0.2, 0.25) is 0 Å². The van der Waals surface area contributed by atoms with E-state index in [0.29, 0.717) is 11.6 Å². The maximum atomic E-state index is 13.2. The van der Waals surface area contributed by atoms with Crippen LogP contribution in [-0.2, 0) is 0 Å². The SMILES string of the molecule is OB(O)c1cc(C2CC2)c(F)cc1F. The molecule has 0 atom stereocenters. The zero-order chi connectivity index (χ0) is 10.3. The highest BCUT2D eigenvalue weighted by Crippen LogP contribution is 2.40. The van der Waals surface area contributed by atoms with Crippen LogP contribution in [0.5, 0.6) is 0 Å². The smallest absolute Gasteiger partial charge is 0.423 e. The van der Waals surface area contributed by atoms with E-state index in [1.54, 1.807) is 0 Å². The highest BCUT2D eigenvalue weighted by molar-refractivity contribution is 6.58. The third-order valence-electron chi connectivity index (χ3n) is 2.41. The van der Waals surface area contributed by atoms with Gasteiger partial charge in [0.25, 0.3) is 0 Å². The van der Waals surface area contributed by atoms with E-state index in [1.165, 1.54) is 6.07 Å². The normalized spacial score (nSPS) is 15.7. The summed E-state index contributed by atoms with van der Waals surface area (Å²) in [4.78, 5) is 0. The van der Waals surface area contributed by atoms with Crippen molar-refractivity contribution in [3.05, 3.63) is 29.3 Å². The summed E-state index contributed by atoms with van der Waals surface area (Å²) in [7, 11) is -1.88. The topological polar surface area (TPSA) is 40.5 Å². The first-order chi connectivity index (χ1) is 6.59. The van der Waals surface area contributed by atoms with Crippen LogP contribution in [0.4, 0.5) is 8.78 Å². The molecule has 0 saturated heterocycles. The number of hydrogen-bond donors (Lipinski definition) is 2. The largest absolute Gasteiger partial charge is 0.491 e. The summed E-state index contributed by atoms with van der Waals surface area (Å²) in [6.45, 7) is 0. The minimum atomic E-state index is -1.88. The molecule has 1 aliphatic carbocycles. The fourth-order valence-corrected chi connectivity index (χ4v) is 1.49. The monoisotopic (exact) mass is 198 g/mol. The van der Waals surface area contributed by atoms with Gasteiger partial charge < -0.3 is 10.0 Å². The molecule has 14 heavy (non-hydrogen) atoms. The molecule has 0 spiro atoms. The van der Waals surface area contributed by atoms with E-state index in [1.807, 2.05) is 0 Å². The maximum Gasteiger partial charge on any atom is 0.491 e. The standard InChI is InChI=1S/C9H9BF2O2/c11-8-4-9(12)7(10(13)14)3-6(8)5-1-2-5/h3-5,13-14H,1-2H2. The molecule has 0 radical (unpaired) electrons. The highest BCUT2D eigenvalue weighted by atomic mass is 19.1. The lowest BCUT2D eigenvalue weighted by atomic mass is 9.78. The van der Waals surface area contributed by atoms with Crippen molar-refractivity contribution in [1.82, 2.24) is 0 Å². The summed E-state index contributed by atoms with van der Waals surface area (Å²) in [5, 5.41) is 17.6. The van der Waals surface area contributed by atoms with E-state index >= 15 is 0 Å². The predicted molar refractivity (Wildman–Crippen MR) is 48.2 cm³/mol. The number of benzene rings is 1. The molecule has 74 valence electrons. The fourth-order valence-electron chi connectivity index (χ4n) is 1.49. The van der Waals surface area contributed by atoms with Gasteiger partial charge >= 0.3 is 7.12 Å². The maximum absolute atomic E-state index is 13.2. The molecular weight excluding hydrogens is 189 g/mol. The lowest BCUT2D eigenvalue weighted by molar-refractivity contribution is 0.422. The molecule has 0 amide bonds. The second kappa shape index (κ2) is 3.33. The minimum absolute atomic E-state index is 0.119. The van der Waals surface area contributed by atoms with Gasteiger partial charge in [0.15, 0.2) is 0 Å². The van der Waals surface area contributed by atoms with Gasteiger partial charge in [0.2, 0.25) is 0 Å². The molecule has 1 aromatic rings. The van der Waals surface area contributed by atoms with Crippen LogP contribution in [0.25, 0.3) is 0 Å². The molecule has 1 saturated carbocycles. The van der Waals surface area contributed by atoms with Gasteiger partial charge in [0, 0.05) is 11.5 Å². The van der Waals surface area contributed by atoms with Crippen molar-refractivity contribution in [2.75, 3.05) is 0 Å². The Balaban J connectivity index is 2.45. The third kappa shape index (κ3) is 1.65. The first kappa shape index (κ1) is 9.61. The predicted octanol–water partition coefficient (Wildman–Crippen LogP) is 0.522. The van der Waals surface area contributed by atoms with Crippen LogP contribution in [0, 0.1) is 11.6 Å². The van der Waals surface area contributed by atoms with Gasteiger partial charge in [-0.3, -0.25) is 0 Å². The Labute approximate surface area is 80.3 Å². The fraction of sp³-hybridized carbons (Fsp3) is 0.333. The second-order valence-corrected chi connectivity index (χ2v) is 3.54. The van der Waals surface area contributed by atoms with Gasteiger partial charge in [-0.25, -0.2) is 8.78 Å². The molecule has 2 nitrogen and oxygen atoms in total. The van der Waals surface area contributed by atoms with Gasteiger partial charge in [0.05, 0.1) is 0 Å². The first-order valence-corrected chi connectivity index (χ1v) is 4.44. The Kier molecular flexibility index (Phi) is 2.29. The Morgan fingerprint density at radius 2 is 1.79 bits per heavy atom. The number of halogens is 2. The van der Waals surface area contributed by atoms with Crippen LogP contribution in [-0.4, -0.2) is 17.2 Å². The van der Waals surface area contributed by atoms with Crippen molar-refractivity contribution < 1.29 is 18.8 Å². The van der Waals surface area contributed by atoms with E-state index in [0.717, 1.165) is 12.8 Å². The van der Waals surface area contributed by atoms with E-state index < -0.39 is 18.8 Å². The Bertz CT molecular complexity index is 341. The average Bonchev–Trinajstić information content (AvgIpc) is 2.86. The average molecular weight is 198 g/mol. The quantitative estimate of drug-likeness (QED) is 0.680. The Morgan fingerprint density at radius 1 is 1.14 bits per heavy atom. The van der Waals surface area contributed by atoms with Crippen LogP contribution < -0.4 is 5.46 Å². The van der Waals surface area contributed by atoms with E-state index in [2.05, 4.69) is 0 Å². The van der Waals surface area contributed by atoms with Crippen LogP contribution in [0.1, 0.15) is 24.3 Å². The van der Waals surface area contributed by atoms with Gasteiger partial charge in [-0.2, -0.15) is 0 Å². The van der Waals surface area contributed by atoms with Crippen LogP contribution in [0.15, 0.2) is 12.1 Å². The van der Waals surface area contributed by atoms with Crippen molar-refractivity contribution >= 4 is 12.6 Å². The van der Waals surface area contributed by atoms with E-state index in [4.69, 9.17) is 10.0 Å². The molecule has 0 bridgehead atoms. The molecule has 1 aromatic carbocycles. The Morgan fingerprint density at radius 3 is 2.29 bits per heavy atom. The number of hydrogen-bond acceptors (Lipinski definition) is 2. The summed E-state index contributed by atoms with van der Waals surface area (Å²) in [5.74, 6) is -1.40. The molecule has 5 heteroatoms. The van der Waals surface area contributed by atoms with Gasteiger partial charge in [0.1, 0.15) is 11.6 Å². The first-order valence-electron chi connectivity index (χ1n) is 4.44. The van der Waals surface area contributed by atoms with Crippen molar-refractivity contribution in [2.24, 2.45) is 0 Å². The molecule has 1 aliphatic rings. The highest BCUT2D eigenvalue weighted by Gasteiger charge is 2.29. The molecule has 2 N–H and O–H groups in total. The van der Waals surface area contributed by atoms with Gasteiger partial charge in [-0.15, -0.1) is 0 Å². The molecule has 0 aliphatic heterocycles. The minimum Gasteiger partial charge on any atom is -0.423 e. The zero-order valence-electron chi connectivity index (χ0n) is 7.37. The van der Waals surface area contributed by atoms with Crippen molar-refractivity contribution in [3.8, 4) is 0 Å². The van der Waals surface area contributed by atoms with Gasteiger partial charge in [-0.1, -0.05) is 6.07 Å².